The van der Waals surface area contributed by atoms with E-state index in [9.17, 15) is 0 Å². The second-order valence-corrected chi connectivity index (χ2v) is 4.66. The second-order valence-electron chi connectivity index (χ2n) is 4.66. The fourth-order valence-corrected chi connectivity index (χ4v) is 2.34. The van der Waals surface area contributed by atoms with E-state index in [-0.39, 0.29) is 0 Å². The Morgan fingerprint density at radius 3 is 2.36 bits per heavy atom. The number of nitrogens with two attached hydrogens (primary N) is 1. The molecular weight excluding hydrogens is 172 g/mol. The molecule has 1 saturated carbocycles. The molecule has 0 heterocycles. The maximum absolute atomic E-state index is 5.52. The maximum Gasteiger partial charge on any atom is 0.0417 e. The molecule has 0 aromatic rings. The number of hydrogen-bond donors (Lipinski definition) is 2. The highest BCUT2D eigenvalue weighted by Crippen LogP contribution is 2.27. The molecule has 14 heavy (non-hydrogen) atoms. The summed E-state index contributed by atoms with van der Waals surface area (Å²) in [6.07, 6.45) is 9.58. The minimum absolute atomic E-state index is 0.318. The monoisotopic (exact) mass is 196 g/mol. The van der Waals surface area contributed by atoms with Crippen LogP contribution in [0.2, 0.25) is 0 Å². The maximum atomic E-state index is 5.52. The van der Waals surface area contributed by atoms with Crippen LogP contribution in [0.25, 0.3) is 0 Å². The molecule has 0 bridgehead atoms. The van der Waals surface area contributed by atoms with Crippen molar-refractivity contribution in [2.45, 2.75) is 57.9 Å². The van der Waals surface area contributed by atoms with Gasteiger partial charge in [-0.25, -0.2) is 0 Å². The topological polar surface area (TPSA) is 38.0 Å². The van der Waals surface area contributed by atoms with Crippen molar-refractivity contribution >= 4 is 0 Å². The van der Waals surface area contributed by atoms with E-state index in [4.69, 9.17) is 5.84 Å². The fourth-order valence-electron chi connectivity index (χ4n) is 2.34. The summed E-state index contributed by atoms with van der Waals surface area (Å²) in [5, 5.41) is 0. The molecule has 2 nitrogen and oxygen atoms in total. The van der Waals surface area contributed by atoms with E-state index < -0.39 is 0 Å². The highest BCUT2D eigenvalue weighted by Gasteiger charge is 2.17. The van der Waals surface area contributed by atoms with Crippen LogP contribution in [0.3, 0.4) is 0 Å². The normalized spacial score (nSPS) is 21.6. The van der Waals surface area contributed by atoms with Gasteiger partial charge in [-0.05, 0) is 19.3 Å². The lowest BCUT2D eigenvalue weighted by Crippen LogP contribution is -2.37. The second kappa shape index (κ2) is 6.20. The van der Waals surface area contributed by atoms with Crippen molar-refractivity contribution in [3.05, 3.63) is 12.2 Å². The van der Waals surface area contributed by atoms with Crippen LogP contribution >= 0.6 is 0 Å². The molecule has 3 N–H and O–H groups in total. The molecule has 1 unspecified atom stereocenters. The van der Waals surface area contributed by atoms with Gasteiger partial charge in [0, 0.05) is 6.04 Å². The summed E-state index contributed by atoms with van der Waals surface area (Å²) in [6.45, 7) is 6.03. The Morgan fingerprint density at radius 2 is 1.93 bits per heavy atom. The van der Waals surface area contributed by atoms with E-state index in [1.165, 1.54) is 44.9 Å². The van der Waals surface area contributed by atoms with Gasteiger partial charge in [0.1, 0.15) is 0 Å². The Labute approximate surface area is 87.9 Å². The number of hydrazine groups is 1. The molecule has 1 aliphatic rings. The van der Waals surface area contributed by atoms with Gasteiger partial charge in [-0.1, -0.05) is 50.7 Å². The third-order valence-corrected chi connectivity index (χ3v) is 3.34. The predicted molar refractivity (Wildman–Crippen MR) is 61.7 cm³/mol. The zero-order chi connectivity index (χ0) is 10.4. The lowest BCUT2D eigenvalue weighted by Gasteiger charge is -2.22. The summed E-state index contributed by atoms with van der Waals surface area (Å²) >= 11 is 0. The Bertz CT molecular complexity index is 169. The summed E-state index contributed by atoms with van der Waals surface area (Å²) in [5.74, 6) is 6.38. The summed E-state index contributed by atoms with van der Waals surface area (Å²) in [7, 11) is 0. The average Bonchev–Trinajstić information content (AvgIpc) is 2.41. The summed E-state index contributed by atoms with van der Waals surface area (Å²) < 4.78 is 0. The molecule has 0 aromatic carbocycles. The molecule has 2 heteroatoms. The summed E-state index contributed by atoms with van der Waals surface area (Å²) in [4.78, 5) is 0. The van der Waals surface area contributed by atoms with Crippen LogP contribution in [0.15, 0.2) is 12.2 Å². The quantitative estimate of drug-likeness (QED) is 0.314. The number of rotatable bonds is 4. The molecule has 1 fully saturated rings. The molecule has 0 amide bonds. The largest absolute Gasteiger partial charge is 0.271 e. The molecule has 1 atom stereocenters. The Kier molecular flexibility index (Phi) is 5.20. The van der Waals surface area contributed by atoms with Gasteiger partial charge in [0.05, 0.1) is 0 Å². The lowest BCUT2D eigenvalue weighted by atomic mass is 9.90. The van der Waals surface area contributed by atoms with Crippen molar-refractivity contribution < 1.29 is 0 Å². The Balaban J connectivity index is 2.35. The average molecular weight is 196 g/mol. The van der Waals surface area contributed by atoms with E-state index in [1.807, 2.05) is 0 Å². The molecule has 0 aliphatic heterocycles. The van der Waals surface area contributed by atoms with Gasteiger partial charge in [0.2, 0.25) is 0 Å². The van der Waals surface area contributed by atoms with Crippen LogP contribution in [-0.4, -0.2) is 6.04 Å². The van der Waals surface area contributed by atoms with Crippen LogP contribution < -0.4 is 11.3 Å². The minimum atomic E-state index is 0.318. The van der Waals surface area contributed by atoms with Gasteiger partial charge >= 0.3 is 0 Å². The third kappa shape index (κ3) is 3.81. The van der Waals surface area contributed by atoms with Crippen molar-refractivity contribution in [1.82, 2.24) is 5.43 Å². The molecule has 1 aliphatic carbocycles. The first kappa shape index (κ1) is 11.7. The minimum Gasteiger partial charge on any atom is -0.271 e. The van der Waals surface area contributed by atoms with E-state index in [0.29, 0.717) is 6.04 Å². The highest BCUT2D eigenvalue weighted by atomic mass is 15.2. The standard InChI is InChI=1S/C12H24N2/c1-10(2)12(14-13)9-11-7-5-3-4-6-8-11/h11-12,14H,1,3-9,13H2,2H3. The molecular formula is C12H24N2. The van der Waals surface area contributed by atoms with Crippen LogP contribution in [-0.2, 0) is 0 Å². The smallest absolute Gasteiger partial charge is 0.0417 e. The Morgan fingerprint density at radius 1 is 1.36 bits per heavy atom. The fraction of sp³-hybridized carbons (Fsp3) is 0.833. The zero-order valence-corrected chi connectivity index (χ0v) is 9.39. The molecule has 0 spiro atoms. The van der Waals surface area contributed by atoms with Gasteiger partial charge in [0.15, 0.2) is 0 Å². The Hall–Kier alpha value is -0.340. The number of nitrogens with one attached hydrogen (secondary N) is 1. The molecule has 0 aromatic heterocycles. The van der Waals surface area contributed by atoms with Crippen molar-refractivity contribution in [2.24, 2.45) is 11.8 Å². The van der Waals surface area contributed by atoms with Crippen molar-refractivity contribution in [2.75, 3.05) is 0 Å². The first-order chi connectivity index (χ1) is 6.74. The summed E-state index contributed by atoms with van der Waals surface area (Å²) in [5.41, 5.74) is 4.03. The van der Waals surface area contributed by atoms with Crippen molar-refractivity contribution in [3.8, 4) is 0 Å². The highest BCUT2D eigenvalue weighted by molar-refractivity contribution is 5.01. The predicted octanol–water partition coefficient (Wildman–Crippen LogP) is 2.75. The number of hydrogen-bond acceptors (Lipinski definition) is 2. The first-order valence-electron chi connectivity index (χ1n) is 5.85. The van der Waals surface area contributed by atoms with Crippen molar-refractivity contribution in [3.63, 3.8) is 0 Å². The van der Waals surface area contributed by atoms with Crippen LogP contribution in [0, 0.1) is 5.92 Å². The zero-order valence-electron chi connectivity index (χ0n) is 9.39. The van der Waals surface area contributed by atoms with E-state index in [2.05, 4.69) is 18.9 Å². The third-order valence-electron chi connectivity index (χ3n) is 3.34. The van der Waals surface area contributed by atoms with Gasteiger partial charge in [-0.15, -0.1) is 0 Å². The van der Waals surface area contributed by atoms with Crippen molar-refractivity contribution in [1.29, 1.82) is 0 Å². The molecule has 1 rings (SSSR count). The van der Waals surface area contributed by atoms with E-state index >= 15 is 0 Å². The molecule has 82 valence electrons. The van der Waals surface area contributed by atoms with E-state index in [1.54, 1.807) is 0 Å². The molecule has 0 radical (unpaired) electrons. The lowest BCUT2D eigenvalue weighted by molar-refractivity contribution is 0.377. The summed E-state index contributed by atoms with van der Waals surface area (Å²) in [6, 6.07) is 0.318. The van der Waals surface area contributed by atoms with Crippen LogP contribution in [0.1, 0.15) is 51.9 Å². The van der Waals surface area contributed by atoms with Gasteiger partial charge in [-0.3, -0.25) is 11.3 Å². The van der Waals surface area contributed by atoms with Crippen LogP contribution in [0.4, 0.5) is 0 Å². The first-order valence-corrected chi connectivity index (χ1v) is 5.85. The van der Waals surface area contributed by atoms with Gasteiger partial charge in [-0.2, -0.15) is 0 Å². The van der Waals surface area contributed by atoms with E-state index in [0.717, 1.165) is 11.5 Å². The SMILES string of the molecule is C=C(C)C(CC1CCCCCC1)NN. The molecule has 0 saturated heterocycles. The van der Waals surface area contributed by atoms with Crippen LogP contribution in [0.5, 0.6) is 0 Å². The van der Waals surface area contributed by atoms with Gasteiger partial charge in [0.25, 0.3) is 0 Å². The van der Waals surface area contributed by atoms with Gasteiger partial charge < -0.3 is 0 Å².